The minimum atomic E-state index is 0.189. The number of hydrogen-bond acceptors (Lipinski definition) is 2. The maximum atomic E-state index is 10.9. The van der Waals surface area contributed by atoms with Gasteiger partial charge in [-0.1, -0.05) is 0 Å². The molecule has 1 rings (SSSR count). The van der Waals surface area contributed by atoms with Crippen LogP contribution in [0.3, 0.4) is 0 Å². The molecular weight excluding hydrogens is 140 g/mol. The molecule has 11 heavy (non-hydrogen) atoms. The van der Waals surface area contributed by atoms with Crippen LogP contribution in [0.15, 0.2) is 0 Å². The van der Waals surface area contributed by atoms with Crippen LogP contribution >= 0.6 is 0 Å². The van der Waals surface area contributed by atoms with E-state index in [9.17, 15) is 4.79 Å². The first-order valence-corrected chi connectivity index (χ1v) is 4.01. The number of carbonyl (C=O) groups excluding carboxylic acids is 1. The molecule has 0 aliphatic carbocycles. The first-order chi connectivity index (χ1) is 5.24. The van der Waals surface area contributed by atoms with Crippen LogP contribution in [0.4, 0.5) is 0 Å². The Morgan fingerprint density at radius 2 is 1.91 bits per heavy atom. The van der Waals surface area contributed by atoms with Gasteiger partial charge in [-0.05, 0) is 13.5 Å². The van der Waals surface area contributed by atoms with Crippen LogP contribution in [0.25, 0.3) is 0 Å². The number of piperazine rings is 1. The summed E-state index contributed by atoms with van der Waals surface area (Å²) < 4.78 is 0. The number of nitrogens with zero attached hydrogens (tertiary/aromatic N) is 2. The lowest BCUT2D eigenvalue weighted by molar-refractivity contribution is -0.130. The minimum Gasteiger partial charge on any atom is -0.340 e. The van der Waals surface area contributed by atoms with E-state index in [1.54, 1.807) is 6.92 Å². The molecule has 1 aliphatic heterocycles. The van der Waals surface area contributed by atoms with Gasteiger partial charge in [-0.15, -0.1) is 0 Å². The van der Waals surface area contributed by atoms with Gasteiger partial charge in [-0.2, -0.15) is 0 Å². The number of amides is 1. The van der Waals surface area contributed by atoms with Crippen LogP contribution in [0, 0.1) is 6.92 Å². The third kappa shape index (κ3) is 2.19. The highest BCUT2D eigenvalue weighted by Crippen LogP contribution is 2.00. The lowest BCUT2D eigenvalue weighted by atomic mass is 10.3. The molecule has 1 radical (unpaired) electrons. The largest absolute Gasteiger partial charge is 0.340 e. The summed E-state index contributed by atoms with van der Waals surface area (Å²) in [6.07, 6.45) is 0. The van der Waals surface area contributed by atoms with E-state index in [-0.39, 0.29) is 5.91 Å². The second kappa shape index (κ2) is 3.72. The van der Waals surface area contributed by atoms with Gasteiger partial charge in [0.15, 0.2) is 0 Å². The van der Waals surface area contributed by atoms with E-state index in [0.29, 0.717) is 0 Å². The molecule has 0 atom stereocenters. The smallest absolute Gasteiger partial charge is 0.219 e. The van der Waals surface area contributed by atoms with Crippen molar-refractivity contribution >= 4 is 5.91 Å². The summed E-state index contributed by atoms with van der Waals surface area (Å²) in [5.74, 6) is 0.189. The summed E-state index contributed by atoms with van der Waals surface area (Å²) in [5, 5.41) is 0. The van der Waals surface area contributed by atoms with E-state index in [1.165, 1.54) is 0 Å². The Kier molecular flexibility index (Phi) is 2.88. The Balaban J connectivity index is 2.30. The van der Waals surface area contributed by atoms with Gasteiger partial charge in [0, 0.05) is 33.1 Å². The summed E-state index contributed by atoms with van der Waals surface area (Å²) >= 11 is 0. The molecule has 1 amide bonds. The summed E-state index contributed by atoms with van der Waals surface area (Å²) in [7, 11) is 0. The number of hydrogen-bond donors (Lipinski definition) is 0. The number of rotatable bonds is 1. The zero-order chi connectivity index (χ0) is 8.27. The summed E-state index contributed by atoms with van der Waals surface area (Å²) in [6, 6.07) is 0. The topological polar surface area (TPSA) is 23.6 Å². The molecule has 0 unspecified atom stereocenters. The number of carbonyl (C=O) groups is 1. The van der Waals surface area contributed by atoms with Crippen LogP contribution in [0.1, 0.15) is 6.92 Å². The second-order valence-corrected chi connectivity index (χ2v) is 2.85. The van der Waals surface area contributed by atoms with Gasteiger partial charge in [-0.3, -0.25) is 9.69 Å². The van der Waals surface area contributed by atoms with E-state index in [1.807, 2.05) is 4.90 Å². The fraction of sp³-hybridized carbons (Fsp3) is 0.750. The van der Waals surface area contributed by atoms with Crippen molar-refractivity contribution in [1.82, 2.24) is 9.80 Å². The molecule has 0 spiro atoms. The van der Waals surface area contributed by atoms with Crippen molar-refractivity contribution in [1.29, 1.82) is 0 Å². The van der Waals surface area contributed by atoms with Crippen LogP contribution in [-0.2, 0) is 4.79 Å². The van der Waals surface area contributed by atoms with Crippen molar-refractivity contribution in [2.75, 3.05) is 32.7 Å². The summed E-state index contributed by atoms with van der Waals surface area (Å²) in [5.41, 5.74) is 0. The predicted molar refractivity (Wildman–Crippen MR) is 44.1 cm³/mol. The zero-order valence-corrected chi connectivity index (χ0v) is 7.05. The van der Waals surface area contributed by atoms with Gasteiger partial charge in [0.25, 0.3) is 0 Å². The molecule has 0 aromatic heterocycles. The third-order valence-corrected chi connectivity index (χ3v) is 2.13. The van der Waals surface area contributed by atoms with E-state index in [4.69, 9.17) is 0 Å². The quantitative estimate of drug-likeness (QED) is 0.531. The third-order valence-electron chi connectivity index (χ3n) is 2.13. The molecule has 1 aliphatic rings. The lowest BCUT2D eigenvalue weighted by Crippen LogP contribution is -2.47. The normalized spacial score (nSPS) is 20.4. The van der Waals surface area contributed by atoms with E-state index >= 15 is 0 Å². The van der Waals surface area contributed by atoms with Crippen molar-refractivity contribution in [3.63, 3.8) is 0 Å². The highest BCUT2D eigenvalue weighted by molar-refractivity contribution is 5.73. The Morgan fingerprint density at radius 3 is 2.27 bits per heavy atom. The van der Waals surface area contributed by atoms with Crippen molar-refractivity contribution in [2.24, 2.45) is 0 Å². The minimum absolute atomic E-state index is 0.189. The molecule has 0 N–H and O–H groups in total. The molecule has 63 valence electrons. The molecule has 3 heteroatoms. The Morgan fingerprint density at radius 1 is 1.36 bits per heavy atom. The fourth-order valence-electron chi connectivity index (χ4n) is 1.29. The molecule has 1 heterocycles. The van der Waals surface area contributed by atoms with Gasteiger partial charge in [0.2, 0.25) is 5.91 Å². The molecule has 3 nitrogen and oxygen atoms in total. The molecule has 0 aromatic rings. The monoisotopic (exact) mass is 155 g/mol. The van der Waals surface area contributed by atoms with Gasteiger partial charge in [0.05, 0.1) is 0 Å². The van der Waals surface area contributed by atoms with E-state index in [2.05, 4.69) is 11.8 Å². The van der Waals surface area contributed by atoms with Crippen molar-refractivity contribution in [3.8, 4) is 0 Å². The Hall–Kier alpha value is -0.570. The zero-order valence-electron chi connectivity index (χ0n) is 7.05. The van der Waals surface area contributed by atoms with Gasteiger partial charge in [0.1, 0.15) is 0 Å². The molecule has 0 bridgehead atoms. The average molecular weight is 155 g/mol. The van der Waals surface area contributed by atoms with Crippen LogP contribution < -0.4 is 0 Å². The SMILES string of the molecule is [CH2]CN1CCN(C(C)=O)CC1. The first kappa shape index (κ1) is 8.53. The maximum absolute atomic E-state index is 10.9. The molecule has 0 aromatic carbocycles. The lowest BCUT2D eigenvalue weighted by Gasteiger charge is -2.33. The van der Waals surface area contributed by atoms with Crippen LogP contribution in [0.5, 0.6) is 0 Å². The van der Waals surface area contributed by atoms with Crippen molar-refractivity contribution in [2.45, 2.75) is 6.92 Å². The second-order valence-electron chi connectivity index (χ2n) is 2.85. The molecular formula is C8H15N2O. The van der Waals surface area contributed by atoms with Crippen molar-refractivity contribution in [3.05, 3.63) is 6.92 Å². The molecule has 0 saturated carbocycles. The molecule has 1 saturated heterocycles. The first-order valence-electron chi connectivity index (χ1n) is 4.01. The van der Waals surface area contributed by atoms with Gasteiger partial charge < -0.3 is 4.90 Å². The van der Waals surface area contributed by atoms with Crippen LogP contribution in [-0.4, -0.2) is 48.4 Å². The average Bonchev–Trinajstić information content (AvgIpc) is 2.05. The highest BCUT2D eigenvalue weighted by atomic mass is 16.2. The maximum Gasteiger partial charge on any atom is 0.219 e. The fourth-order valence-corrected chi connectivity index (χ4v) is 1.29. The Labute approximate surface area is 68.0 Å². The van der Waals surface area contributed by atoms with Gasteiger partial charge >= 0.3 is 0 Å². The Bertz CT molecular complexity index is 139. The van der Waals surface area contributed by atoms with E-state index < -0.39 is 0 Å². The summed E-state index contributed by atoms with van der Waals surface area (Å²) in [4.78, 5) is 15.0. The molecule has 1 fully saturated rings. The standard InChI is InChI=1S/C8H15N2O/c1-3-9-4-6-10(7-5-9)8(2)11/h1,3-7H2,2H3. The van der Waals surface area contributed by atoms with E-state index in [0.717, 1.165) is 32.7 Å². The predicted octanol–water partition coefficient (Wildman–Crippen LogP) is -0.0154. The van der Waals surface area contributed by atoms with Gasteiger partial charge in [-0.25, -0.2) is 0 Å². The van der Waals surface area contributed by atoms with Crippen LogP contribution in [0.2, 0.25) is 0 Å². The summed E-state index contributed by atoms with van der Waals surface area (Å²) in [6.45, 7) is 9.96. The highest BCUT2D eigenvalue weighted by Gasteiger charge is 2.16. The van der Waals surface area contributed by atoms with Crippen molar-refractivity contribution < 1.29 is 4.79 Å².